The van der Waals surface area contributed by atoms with E-state index in [2.05, 4.69) is 20.8 Å². The van der Waals surface area contributed by atoms with Gasteiger partial charge in [-0.25, -0.2) is 0 Å². The smallest absolute Gasteiger partial charge is 0.305 e. The molecule has 0 amide bonds. The SMILES string of the molecule is CCCCCCCCCCCCCC(=O)OCC(CC)CCCC. The fourth-order valence-corrected chi connectivity index (χ4v) is 3.11. The molecule has 1 unspecified atom stereocenters. The minimum Gasteiger partial charge on any atom is -0.465 e. The van der Waals surface area contributed by atoms with Crippen LogP contribution in [-0.4, -0.2) is 12.6 Å². The average molecular weight is 341 g/mol. The minimum absolute atomic E-state index is 0.0147. The van der Waals surface area contributed by atoms with E-state index in [1.54, 1.807) is 0 Å². The molecule has 2 heteroatoms. The second kappa shape index (κ2) is 18.8. The first-order valence-corrected chi connectivity index (χ1v) is 10.9. The summed E-state index contributed by atoms with van der Waals surface area (Å²) in [5, 5.41) is 0. The number of ether oxygens (including phenoxy) is 1. The van der Waals surface area contributed by atoms with Crippen LogP contribution in [0.5, 0.6) is 0 Å². The van der Waals surface area contributed by atoms with Crippen molar-refractivity contribution in [3.05, 3.63) is 0 Å². The van der Waals surface area contributed by atoms with Gasteiger partial charge in [0.2, 0.25) is 0 Å². The Labute approximate surface area is 152 Å². The molecule has 0 aromatic carbocycles. The second-order valence-electron chi connectivity index (χ2n) is 7.39. The van der Waals surface area contributed by atoms with Crippen molar-refractivity contribution in [1.82, 2.24) is 0 Å². The van der Waals surface area contributed by atoms with Gasteiger partial charge in [-0.2, -0.15) is 0 Å². The van der Waals surface area contributed by atoms with E-state index in [0.717, 1.165) is 12.8 Å². The molecule has 0 spiro atoms. The number of unbranched alkanes of at least 4 members (excludes halogenated alkanes) is 11. The maximum Gasteiger partial charge on any atom is 0.305 e. The van der Waals surface area contributed by atoms with Gasteiger partial charge in [-0.15, -0.1) is 0 Å². The maximum absolute atomic E-state index is 11.8. The molecule has 24 heavy (non-hydrogen) atoms. The van der Waals surface area contributed by atoms with E-state index in [0.29, 0.717) is 18.9 Å². The monoisotopic (exact) mass is 340 g/mol. The van der Waals surface area contributed by atoms with Gasteiger partial charge in [-0.3, -0.25) is 4.79 Å². The molecule has 0 bridgehead atoms. The Morgan fingerprint density at radius 2 is 1.21 bits per heavy atom. The molecule has 0 aromatic rings. The number of carbonyl (C=O) groups is 1. The predicted octanol–water partition coefficient (Wildman–Crippen LogP) is 7.45. The Balaban J connectivity index is 3.33. The van der Waals surface area contributed by atoms with Crippen molar-refractivity contribution in [1.29, 1.82) is 0 Å². The van der Waals surface area contributed by atoms with E-state index >= 15 is 0 Å². The highest BCUT2D eigenvalue weighted by molar-refractivity contribution is 5.69. The summed E-state index contributed by atoms with van der Waals surface area (Å²) in [5.41, 5.74) is 0. The third kappa shape index (κ3) is 16.3. The van der Waals surface area contributed by atoms with Crippen molar-refractivity contribution in [2.24, 2.45) is 5.92 Å². The molecule has 1 atom stereocenters. The molecule has 0 aliphatic heterocycles. The molecule has 0 heterocycles. The highest BCUT2D eigenvalue weighted by Gasteiger charge is 2.09. The van der Waals surface area contributed by atoms with Gasteiger partial charge in [0.15, 0.2) is 0 Å². The minimum atomic E-state index is 0.0147. The van der Waals surface area contributed by atoms with Crippen LogP contribution < -0.4 is 0 Å². The normalized spacial score (nSPS) is 12.3. The van der Waals surface area contributed by atoms with Crippen LogP contribution in [0.4, 0.5) is 0 Å². The topological polar surface area (TPSA) is 26.3 Å². The average Bonchev–Trinajstić information content (AvgIpc) is 2.59. The molecule has 2 nitrogen and oxygen atoms in total. The van der Waals surface area contributed by atoms with E-state index in [1.807, 2.05) is 0 Å². The maximum atomic E-state index is 11.8. The van der Waals surface area contributed by atoms with Crippen LogP contribution in [0, 0.1) is 5.92 Å². The lowest BCUT2D eigenvalue weighted by Gasteiger charge is -2.14. The largest absolute Gasteiger partial charge is 0.465 e. The van der Waals surface area contributed by atoms with Gasteiger partial charge in [-0.1, -0.05) is 104 Å². The zero-order valence-corrected chi connectivity index (χ0v) is 16.9. The van der Waals surface area contributed by atoms with Crippen LogP contribution in [-0.2, 0) is 9.53 Å². The Bertz CT molecular complexity index is 263. The van der Waals surface area contributed by atoms with E-state index in [4.69, 9.17) is 4.74 Å². The summed E-state index contributed by atoms with van der Waals surface area (Å²) in [6.07, 6.45) is 19.9. The molecule has 0 rings (SSSR count). The Hall–Kier alpha value is -0.530. The van der Waals surface area contributed by atoms with Crippen molar-refractivity contribution in [3.8, 4) is 0 Å². The summed E-state index contributed by atoms with van der Waals surface area (Å²) in [4.78, 5) is 11.8. The van der Waals surface area contributed by atoms with E-state index in [9.17, 15) is 4.79 Å². The van der Waals surface area contributed by atoms with Gasteiger partial charge < -0.3 is 4.74 Å². The van der Waals surface area contributed by atoms with Crippen molar-refractivity contribution in [2.75, 3.05) is 6.61 Å². The summed E-state index contributed by atoms with van der Waals surface area (Å²) in [5.74, 6) is 0.576. The quantitative estimate of drug-likeness (QED) is 0.191. The number of hydrogen-bond acceptors (Lipinski definition) is 2. The summed E-state index contributed by atoms with van der Waals surface area (Å²) in [6, 6.07) is 0. The van der Waals surface area contributed by atoms with Gasteiger partial charge in [0.25, 0.3) is 0 Å². The summed E-state index contributed by atoms with van der Waals surface area (Å²) in [6.45, 7) is 7.31. The summed E-state index contributed by atoms with van der Waals surface area (Å²) >= 11 is 0. The van der Waals surface area contributed by atoms with Crippen LogP contribution in [0.3, 0.4) is 0 Å². The van der Waals surface area contributed by atoms with Gasteiger partial charge in [0.05, 0.1) is 6.61 Å². The molecule has 144 valence electrons. The second-order valence-corrected chi connectivity index (χ2v) is 7.39. The number of esters is 1. The van der Waals surface area contributed by atoms with Crippen molar-refractivity contribution >= 4 is 5.97 Å². The first kappa shape index (κ1) is 23.5. The van der Waals surface area contributed by atoms with E-state index in [-0.39, 0.29) is 5.97 Å². The van der Waals surface area contributed by atoms with Crippen LogP contribution >= 0.6 is 0 Å². The molecule has 0 radical (unpaired) electrons. The van der Waals surface area contributed by atoms with Crippen LogP contribution in [0.2, 0.25) is 0 Å². The zero-order chi connectivity index (χ0) is 17.9. The zero-order valence-electron chi connectivity index (χ0n) is 16.9. The van der Waals surface area contributed by atoms with E-state index in [1.165, 1.54) is 83.5 Å². The molecule has 0 saturated heterocycles. The highest BCUT2D eigenvalue weighted by atomic mass is 16.5. The molecule has 0 fully saturated rings. The molecule has 0 N–H and O–H groups in total. The highest BCUT2D eigenvalue weighted by Crippen LogP contribution is 2.14. The third-order valence-corrected chi connectivity index (χ3v) is 5.01. The first-order valence-electron chi connectivity index (χ1n) is 10.9. The lowest BCUT2D eigenvalue weighted by Crippen LogP contribution is -2.13. The number of hydrogen-bond donors (Lipinski definition) is 0. The first-order chi connectivity index (χ1) is 11.7. The van der Waals surface area contributed by atoms with Gasteiger partial charge in [0, 0.05) is 6.42 Å². The van der Waals surface area contributed by atoms with Crippen molar-refractivity contribution < 1.29 is 9.53 Å². The molecule has 0 aliphatic rings. The lowest BCUT2D eigenvalue weighted by molar-refractivity contribution is -0.145. The van der Waals surface area contributed by atoms with Crippen molar-refractivity contribution in [3.63, 3.8) is 0 Å². The molecule has 0 saturated carbocycles. The van der Waals surface area contributed by atoms with Gasteiger partial charge in [0.1, 0.15) is 0 Å². The fraction of sp³-hybridized carbons (Fsp3) is 0.955. The number of rotatable bonds is 18. The van der Waals surface area contributed by atoms with Crippen LogP contribution in [0.15, 0.2) is 0 Å². The Morgan fingerprint density at radius 1 is 0.708 bits per heavy atom. The van der Waals surface area contributed by atoms with E-state index < -0.39 is 0 Å². The molecular formula is C22H44O2. The summed E-state index contributed by atoms with van der Waals surface area (Å²) in [7, 11) is 0. The van der Waals surface area contributed by atoms with Gasteiger partial charge >= 0.3 is 5.97 Å². The fourth-order valence-electron chi connectivity index (χ4n) is 3.11. The van der Waals surface area contributed by atoms with Gasteiger partial charge in [-0.05, 0) is 18.8 Å². The third-order valence-electron chi connectivity index (χ3n) is 5.01. The molecule has 0 aliphatic carbocycles. The molecular weight excluding hydrogens is 296 g/mol. The number of carbonyl (C=O) groups excluding carboxylic acids is 1. The summed E-state index contributed by atoms with van der Waals surface area (Å²) < 4.78 is 5.45. The van der Waals surface area contributed by atoms with Crippen LogP contribution in [0.25, 0.3) is 0 Å². The Kier molecular flexibility index (Phi) is 18.4. The predicted molar refractivity (Wildman–Crippen MR) is 105 cm³/mol. The lowest BCUT2D eigenvalue weighted by atomic mass is 10.0. The van der Waals surface area contributed by atoms with Crippen molar-refractivity contribution in [2.45, 2.75) is 124 Å². The molecule has 0 aromatic heterocycles. The Morgan fingerprint density at radius 3 is 1.71 bits per heavy atom. The standard InChI is InChI=1S/C22H44O2/c1-4-7-9-10-11-12-13-14-15-16-17-19-22(23)24-20-21(6-3)18-8-5-2/h21H,4-20H2,1-3H3. The van der Waals surface area contributed by atoms with Crippen LogP contribution in [0.1, 0.15) is 124 Å².